The third kappa shape index (κ3) is 3.69. The van der Waals surface area contributed by atoms with Crippen molar-refractivity contribution < 1.29 is 9.59 Å². The van der Waals surface area contributed by atoms with Crippen LogP contribution < -0.4 is 5.32 Å². The van der Waals surface area contributed by atoms with E-state index in [1.807, 2.05) is 20.8 Å². The number of amides is 2. The number of halogens is 2. The van der Waals surface area contributed by atoms with E-state index in [1.165, 1.54) is 0 Å². The maximum Gasteiger partial charge on any atom is 0.229 e. The normalized spacial score (nSPS) is 19.0. The standard InChI is InChI=1S/C15H18Cl2N2O2/c1-15(2,3)19-8-9(6-13(19)20)14(21)18-12-7-10(16)4-5-11(12)17/h4-5,7,9H,6,8H2,1-3H3,(H,18,21). The lowest BCUT2D eigenvalue weighted by Crippen LogP contribution is -2.42. The Labute approximate surface area is 134 Å². The van der Waals surface area contributed by atoms with Gasteiger partial charge in [-0.05, 0) is 39.0 Å². The minimum atomic E-state index is -0.369. The van der Waals surface area contributed by atoms with Crippen molar-refractivity contribution in [3.05, 3.63) is 28.2 Å². The average molecular weight is 329 g/mol. The Morgan fingerprint density at radius 1 is 1.33 bits per heavy atom. The average Bonchev–Trinajstić information content (AvgIpc) is 2.76. The van der Waals surface area contributed by atoms with Gasteiger partial charge in [-0.3, -0.25) is 9.59 Å². The predicted octanol–water partition coefficient (Wildman–Crippen LogP) is 3.58. The second-order valence-corrected chi connectivity index (χ2v) is 7.03. The summed E-state index contributed by atoms with van der Waals surface area (Å²) in [6.07, 6.45) is 0.224. The first-order valence-electron chi connectivity index (χ1n) is 6.75. The van der Waals surface area contributed by atoms with E-state index in [0.29, 0.717) is 22.3 Å². The Bertz CT molecular complexity index is 582. The van der Waals surface area contributed by atoms with Crippen molar-refractivity contribution in [2.45, 2.75) is 32.7 Å². The third-order valence-electron chi connectivity index (χ3n) is 3.49. The van der Waals surface area contributed by atoms with Gasteiger partial charge in [0.15, 0.2) is 0 Å². The molecule has 1 saturated heterocycles. The second-order valence-electron chi connectivity index (χ2n) is 6.19. The van der Waals surface area contributed by atoms with E-state index in [0.717, 1.165) is 0 Å². The van der Waals surface area contributed by atoms with Crippen molar-refractivity contribution in [1.29, 1.82) is 0 Å². The first-order chi connectivity index (χ1) is 9.68. The van der Waals surface area contributed by atoms with E-state index in [9.17, 15) is 9.59 Å². The van der Waals surface area contributed by atoms with Crippen LogP contribution in [0.15, 0.2) is 18.2 Å². The molecule has 0 bridgehead atoms. The number of carbonyl (C=O) groups is 2. The Morgan fingerprint density at radius 3 is 2.57 bits per heavy atom. The van der Waals surface area contributed by atoms with Gasteiger partial charge in [-0.1, -0.05) is 23.2 Å². The van der Waals surface area contributed by atoms with Gasteiger partial charge in [0.05, 0.1) is 16.6 Å². The van der Waals surface area contributed by atoms with Crippen LogP contribution in [-0.4, -0.2) is 28.8 Å². The van der Waals surface area contributed by atoms with Gasteiger partial charge in [0.2, 0.25) is 11.8 Å². The van der Waals surface area contributed by atoms with Crippen LogP contribution in [0.1, 0.15) is 27.2 Å². The Balaban J connectivity index is 2.09. The largest absolute Gasteiger partial charge is 0.337 e. The van der Waals surface area contributed by atoms with Gasteiger partial charge in [0, 0.05) is 23.5 Å². The van der Waals surface area contributed by atoms with Gasteiger partial charge in [-0.25, -0.2) is 0 Å². The minimum absolute atomic E-state index is 0.000147. The van der Waals surface area contributed by atoms with Crippen molar-refractivity contribution in [1.82, 2.24) is 4.90 Å². The number of nitrogens with zero attached hydrogens (tertiary/aromatic N) is 1. The number of carbonyl (C=O) groups excluding carboxylic acids is 2. The van der Waals surface area contributed by atoms with Crippen molar-refractivity contribution in [3.8, 4) is 0 Å². The summed E-state index contributed by atoms with van der Waals surface area (Å²) < 4.78 is 0. The molecule has 0 aromatic heterocycles. The molecule has 1 aliphatic heterocycles. The summed E-state index contributed by atoms with van der Waals surface area (Å²) in [4.78, 5) is 26.0. The maximum atomic E-state index is 12.3. The molecule has 0 saturated carbocycles. The summed E-state index contributed by atoms with van der Waals surface area (Å²) in [6.45, 7) is 6.30. The summed E-state index contributed by atoms with van der Waals surface area (Å²) >= 11 is 11.9. The van der Waals surface area contributed by atoms with E-state index >= 15 is 0 Å². The fourth-order valence-corrected chi connectivity index (χ4v) is 2.70. The summed E-state index contributed by atoms with van der Waals surface area (Å²) in [6, 6.07) is 4.88. The topological polar surface area (TPSA) is 49.4 Å². The summed E-state index contributed by atoms with van der Waals surface area (Å²) in [5.74, 6) is -0.578. The molecule has 21 heavy (non-hydrogen) atoms. The quantitative estimate of drug-likeness (QED) is 0.902. The summed E-state index contributed by atoms with van der Waals surface area (Å²) in [5.41, 5.74) is 0.190. The zero-order valence-corrected chi connectivity index (χ0v) is 13.8. The van der Waals surface area contributed by atoms with Gasteiger partial charge >= 0.3 is 0 Å². The molecule has 1 N–H and O–H groups in total. The molecule has 1 atom stereocenters. The lowest BCUT2D eigenvalue weighted by Gasteiger charge is -2.31. The van der Waals surface area contributed by atoms with Gasteiger partial charge in [0.1, 0.15) is 0 Å². The van der Waals surface area contributed by atoms with Crippen molar-refractivity contribution in [2.75, 3.05) is 11.9 Å². The maximum absolute atomic E-state index is 12.3. The van der Waals surface area contributed by atoms with Crippen LogP contribution in [-0.2, 0) is 9.59 Å². The monoisotopic (exact) mass is 328 g/mol. The van der Waals surface area contributed by atoms with E-state index < -0.39 is 0 Å². The molecule has 1 aliphatic rings. The molecule has 1 heterocycles. The molecule has 4 nitrogen and oxygen atoms in total. The van der Waals surface area contributed by atoms with E-state index in [1.54, 1.807) is 23.1 Å². The number of likely N-dealkylation sites (tertiary alicyclic amines) is 1. The Hall–Kier alpha value is -1.26. The number of nitrogens with one attached hydrogen (secondary N) is 1. The van der Waals surface area contributed by atoms with Crippen LogP contribution in [0.25, 0.3) is 0 Å². The lowest BCUT2D eigenvalue weighted by molar-refractivity contribution is -0.131. The molecule has 1 aromatic carbocycles. The highest BCUT2D eigenvalue weighted by atomic mass is 35.5. The van der Waals surface area contributed by atoms with Crippen LogP contribution in [0.4, 0.5) is 5.69 Å². The summed E-state index contributed by atoms with van der Waals surface area (Å²) in [5, 5.41) is 3.67. The fourth-order valence-electron chi connectivity index (χ4n) is 2.36. The van der Waals surface area contributed by atoms with Crippen LogP contribution in [0.3, 0.4) is 0 Å². The number of anilines is 1. The van der Waals surface area contributed by atoms with Crippen LogP contribution >= 0.6 is 23.2 Å². The first-order valence-corrected chi connectivity index (χ1v) is 7.50. The molecule has 0 spiro atoms. The smallest absolute Gasteiger partial charge is 0.229 e. The van der Waals surface area contributed by atoms with Gasteiger partial charge in [-0.15, -0.1) is 0 Å². The third-order valence-corrected chi connectivity index (χ3v) is 4.06. The molecule has 0 radical (unpaired) electrons. The molecule has 1 unspecified atom stereocenters. The van der Waals surface area contributed by atoms with E-state index in [4.69, 9.17) is 23.2 Å². The second kappa shape index (κ2) is 5.85. The van der Waals surface area contributed by atoms with E-state index in [-0.39, 0.29) is 29.7 Å². The van der Waals surface area contributed by atoms with Crippen LogP contribution in [0.5, 0.6) is 0 Å². The number of hydrogen-bond donors (Lipinski definition) is 1. The molecule has 6 heteroatoms. The number of benzene rings is 1. The molecule has 2 amide bonds. The van der Waals surface area contributed by atoms with Gasteiger partial charge < -0.3 is 10.2 Å². The molecular formula is C15H18Cl2N2O2. The van der Waals surface area contributed by atoms with Crippen molar-refractivity contribution in [2.24, 2.45) is 5.92 Å². The molecule has 0 aliphatic carbocycles. The molecule has 2 rings (SSSR count). The van der Waals surface area contributed by atoms with Crippen molar-refractivity contribution >= 4 is 40.7 Å². The van der Waals surface area contributed by atoms with Crippen LogP contribution in [0.2, 0.25) is 10.0 Å². The highest BCUT2D eigenvalue weighted by molar-refractivity contribution is 6.35. The van der Waals surface area contributed by atoms with Gasteiger partial charge in [-0.2, -0.15) is 0 Å². The molecule has 1 aromatic rings. The summed E-state index contributed by atoms with van der Waals surface area (Å²) in [7, 11) is 0. The highest BCUT2D eigenvalue weighted by Crippen LogP contribution is 2.29. The molecule has 114 valence electrons. The predicted molar refractivity (Wildman–Crippen MR) is 84.7 cm³/mol. The SMILES string of the molecule is CC(C)(C)N1CC(C(=O)Nc2cc(Cl)ccc2Cl)CC1=O. The first kappa shape index (κ1) is 16.1. The van der Waals surface area contributed by atoms with E-state index in [2.05, 4.69) is 5.32 Å². The Kier molecular flexibility index (Phi) is 4.49. The minimum Gasteiger partial charge on any atom is -0.337 e. The number of rotatable bonds is 2. The molecular weight excluding hydrogens is 311 g/mol. The van der Waals surface area contributed by atoms with Crippen molar-refractivity contribution in [3.63, 3.8) is 0 Å². The van der Waals surface area contributed by atoms with Gasteiger partial charge in [0.25, 0.3) is 0 Å². The zero-order valence-electron chi connectivity index (χ0n) is 12.2. The van der Waals surface area contributed by atoms with Crippen LogP contribution in [0, 0.1) is 5.92 Å². The Morgan fingerprint density at radius 2 is 2.00 bits per heavy atom. The zero-order chi connectivity index (χ0) is 15.8. The molecule has 1 fully saturated rings. The highest BCUT2D eigenvalue weighted by Gasteiger charge is 2.39. The number of hydrogen-bond acceptors (Lipinski definition) is 2. The fraction of sp³-hybridized carbons (Fsp3) is 0.467. The lowest BCUT2D eigenvalue weighted by atomic mass is 10.1.